The highest BCUT2D eigenvalue weighted by atomic mass is 32.2. The van der Waals surface area contributed by atoms with Crippen molar-refractivity contribution in [2.75, 3.05) is 10.7 Å². The molecule has 0 spiro atoms. The summed E-state index contributed by atoms with van der Waals surface area (Å²) in [6.45, 7) is 2.52. The van der Waals surface area contributed by atoms with Gasteiger partial charge in [0, 0.05) is 11.7 Å². The molecule has 1 unspecified atom stereocenters. The average Bonchev–Trinajstić information content (AvgIpc) is 3.33. The molecule has 2 aromatic heterocycles. The zero-order valence-electron chi connectivity index (χ0n) is 13.7. The molecule has 4 rings (SSSR count). The number of benzene rings is 1. The van der Waals surface area contributed by atoms with E-state index in [9.17, 15) is 4.79 Å². The second-order valence-corrected chi connectivity index (χ2v) is 6.88. The molecule has 8 heteroatoms. The number of thioether (sulfide) groups is 1. The van der Waals surface area contributed by atoms with E-state index in [4.69, 9.17) is 4.42 Å². The van der Waals surface area contributed by atoms with Crippen molar-refractivity contribution in [3.8, 4) is 0 Å². The number of rotatable bonds is 5. The maximum atomic E-state index is 12.8. The van der Waals surface area contributed by atoms with Gasteiger partial charge in [0.15, 0.2) is 0 Å². The van der Waals surface area contributed by atoms with Crippen LogP contribution in [-0.4, -0.2) is 37.9 Å². The van der Waals surface area contributed by atoms with Gasteiger partial charge in [0.25, 0.3) is 0 Å². The maximum Gasteiger partial charge on any atom is 0.237 e. The van der Waals surface area contributed by atoms with Gasteiger partial charge >= 0.3 is 0 Å². The van der Waals surface area contributed by atoms with E-state index in [0.29, 0.717) is 11.7 Å². The summed E-state index contributed by atoms with van der Waals surface area (Å²) in [5, 5.41) is 12.3. The number of amides is 1. The molecule has 7 nitrogen and oxygen atoms in total. The van der Waals surface area contributed by atoms with Gasteiger partial charge in [0.1, 0.15) is 12.3 Å². The molecular formula is C17H17N5O2S. The van der Waals surface area contributed by atoms with Crippen LogP contribution in [0.3, 0.4) is 0 Å². The first-order valence-electron chi connectivity index (χ1n) is 8.03. The van der Waals surface area contributed by atoms with Crippen molar-refractivity contribution in [3.05, 3.63) is 54.0 Å². The highest BCUT2D eigenvalue weighted by Gasteiger charge is 2.30. The SMILES string of the molecule is CC1Cc2ccccc2N1C(=O)CSc1nnnn1Cc1ccco1. The third-order valence-electron chi connectivity index (χ3n) is 4.19. The fourth-order valence-corrected chi connectivity index (χ4v) is 3.83. The largest absolute Gasteiger partial charge is 0.467 e. The topological polar surface area (TPSA) is 77.1 Å². The van der Waals surface area contributed by atoms with Crippen LogP contribution < -0.4 is 4.90 Å². The number of carbonyl (C=O) groups is 1. The number of anilines is 1. The molecule has 0 N–H and O–H groups in total. The molecule has 3 aromatic rings. The number of hydrogen-bond donors (Lipinski definition) is 0. The van der Waals surface area contributed by atoms with Crippen molar-refractivity contribution in [1.29, 1.82) is 0 Å². The van der Waals surface area contributed by atoms with Gasteiger partial charge in [-0.1, -0.05) is 30.0 Å². The number of carbonyl (C=O) groups excluding carboxylic acids is 1. The van der Waals surface area contributed by atoms with E-state index >= 15 is 0 Å². The zero-order valence-corrected chi connectivity index (χ0v) is 14.5. The Bertz CT molecular complexity index is 877. The first-order valence-corrected chi connectivity index (χ1v) is 9.02. The summed E-state index contributed by atoms with van der Waals surface area (Å²) in [6, 6.07) is 11.9. The monoisotopic (exact) mass is 355 g/mol. The summed E-state index contributed by atoms with van der Waals surface area (Å²) >= 11 is 1.34. The van der Waals surface area contributed by atoms with E-state index in [1.54, 1.807) is 10.9 Å². The van der Waals surface area contributed by atoms with Crippen LogP contribution in [0.2, 0.25) is 0 Å². The van der Waals surface area contributed by atoms with Crippen LogP contribution in [0.25, 0.3) is 0 Å². The Morgan fingerprint density at radius 2 is 2.20 bits per heavy atom. The average molecular weight is 355 g/mol. The summed E-state index contributed by atoms with van der Waals surface area (Å²) in [5.41, 5.74) is 2.23. The van der Waals surface area contributed by atoms with E-state index in [1.165, 1.54) is 17.3 Å². The Hall–Kier alpha value is -2.61. The molecule has 0 saturated heterocycles. The third kappa shape index (κ3) is 3.17. The van der Waals surface area contributed by atoms with E-state index in [0.717, 1.165) is 17.9 Å². The molecule has 1 atom stereocenters. The fourth-order valence-electron chi connectivity index (χ4n) is 3.09. The summed E-state index contributed by atoms with van der Waals surface area (Å²) in [7, 11) is 0. The number of nitrogens with zero attached hydrogens (tertiary/aromatic N) is 5. The normalized spacial score (nSPS) is 16.2. The highest BCUT2D eigenvalue weighted by Crippen LogP contribution is 2.32. The van der Waals surface area contributed by atoms with Crippen LogP contribution in [0.4, 0.5) is 5.69 Å². The van der Waals surface area contributed by atoms with Crippen LogP contribution in [-0.2, 0) is 17.8 Å². The molecule has 3 heterocycles. The lowest BCUT2D eigenvalue weighted by Gasteiger charge is -2.22. The fraction of sp³-hybridized carbons (Fsp3) is 0.294. The number of furan rings is 1. The molecule has 1 amide bonds. The van der Waals surface area contributed by atoms with Crippen molar-refractivity contribution in [1.82, 2.24) is 20.2 Å². The predicted molar refractivity (Wildman–Crippen MR) is 93.4 cm³/mol. The minimum atomic E-state index is 0.0648. The Labute approximate surface area is 149 Å². The van der Waals surface area contributed by atoms with Gasteiger partial charge in [-0.15, -0.1) is 5.10 Å². The van der Waals surface area contributed by atoms with E-state index in [-0.39, 0.29) is 17.7 Å². The lowest BCUT2D eigenvalue weighted by atomic mass is 10.1. The minimum absolute atomic E-state index is 0.0648. The third-order valence-corrected chi connectivity index (χ3v) is 5.13. The lowest BCUT2D eigenvalue weighted by Crippen LogP contribution is -2.37. The second-order valence-electron chi connectivity index (χ2n) is 5.93. The first-order chi connectivity index (χ1) is 12.2. The Balaban J connectivity index is 1.44. The Morgan fingerprint density at radius 3 is 3.04 bits per heavy atom. The zero-order chi connectivity index (χ0) is 17.2. The van der Waals surface area contributed by atoms with E-state index < -0.39 is 0 Å². The molecule has 0 radical (unpaired) electrons. The van der Waals surface area contributed by atoms with Gasteiger partial charge in [-0.3, -0.25) is 4.79 Å². The second kappa shape index (κ2) is 6.72. The van der Waals surface area contributed by atoms with Gasteiger partial charge in [0.2, 0.25) is 11.1 Å². The number of aromatic nitrogens is 4. The van der Waals surface area contributed by atoms with Crippen LogP contribution in [0.15, 0.2) is 52.2 Å². The van der Waals surface area contributed by atoms with Gasteiger partial charge in [-0.2, -0.15) is 0 Å². The van der Waals surface area contributed by atoms with Gasteiger partial charge < -0.3 is 9.32 Å². The standard InChI is InChI=1S/C17H17N5O2S/c1-12-9-13-5-2-3-7-15(13)22(12)16(23)11-25-17-18-19-20-21(17)10-14-6-4-8-24-14/h2-8,12H,9-11H2,1H3. The molecule has 0 bridgehead atoms. The van der Waals surface area contributed by atoms with Crippen LogP contribution >= 0.6 is 11.8 Å². The molecule has 1 aliphatic heterocycles. The maximum absolute atomic E-state index is 12.8. The van der Waals surface area contributed by atoms with Crippen LogP contribution in [0.1, 0.15) is 18.2 Å². The molecule has 0 saturated carbocycles. The summed E-state index contributed by atoms with van der Waals surface area (Å²) in [4.78, 5) is 14.6. The molecule has 0 aliphatic carbocycles. The van der Waals surface area contributed by atoms with E-state index in [1.807, 2.05) is 35.2 Å². The summed E-state index contributed by atoms with van der Waals surface area (Å²) in [6.07, 6.45) is 2.51. The van der Waals surface area contributed by atoms with Crippen LogP contribution in [0.5, 0.6) is 0 Å². The number of para-hydroxylation sites is 1. The molecule has 1 aliphatic rings. The van der Waals surface area contributed by atoms with Crippen LogP contribution in [0, 0.1) is 0 Å². The van der Waals surface area contributed by atoms with Crippen molar-refractivity contribution >= 4 is 23.4 Å². The minimum Gasteiger partial charge on any atom is -0.467 e. The highest BCUT2D eigenvalue weighted by molar-refractivity contribution is 7.99. The van der Waals surface area contributed by atoms with E-state index in [2.05, 4.69) is 28.5 Å². The number of fused-ring (bicyclic) bond motifs is 1. The summed E-state index contributed by atoms with van der Waals surface area (Å²) in [5.74, 6) is 1.12. The van der Waals surface area contributed by atoms with Crippen molar-refractivity contribution in [2.24, 2.45) is 0 Å². The predicted octanol–water partition coefficient (Wildman–Crippen LogP) is 2.38. The summed E-state index contributed by atoms with van der Waals surface area (Å²) < 4.78 is 6.96. The van der Waals surface area contributed by atoms with Gasteiger partial charge in [0.05, 0.1) is 12.0 Å². The smallest absolute Gasteiger partial charge is 0.237 e. The Kier molecular flexibility index (Phi) is 4.27. The number of tetrazole rings is 1. The van der Waals surface area contributed by atoms with Crippen molar-refractivity contribution < 1.29 is 9.21 Å². The molecular weight excluding hydrogens is 338 g/mol. The molecule has 1 aromatic carbocycles. The molecule has 128 valence electrons. The lowest BCUT2D eigenvalue weighted by molar-refractivity contribution is -0.116. The molecule has 25 heavy (non-hydrogen) atoms. The quantitative estimate of drug-likeness (QED) is 0.654. The Morgan fingerprint density at radius 1 is 1.32 bits per heavy atom. The van der Waals surface area contributed by atoms with Gasteiger partial charge in [-0.25, -0.2) is 4.68 Å². The van der Waals surface area contributed by atoms with Crippen molar-refractivity contribution in [3.63, 3.8) is 0 Å². The van der Waals surface area contributed by atoms with Crippen molar-refractivity contribution in [2.45, 2.75) is 31.1 Å². The first kappa shape index (κ1) is 15.9. The van der Waals surface area contributed by atoms with Gasteiger partial charge in [-0.05, 0) is 47.5 Å². The number of hydrogen-bond acceptors (Lipinski definition) is 6. The molecule has 0 fully saturated rings.